The molecule has 0 aliphatic heterocycles. The molecule has 8 heteroatoms. The zero-order valence-electron chi connectivity index (χ0n) is 18.1. The minimum absolute atomic E-state index is 0.00681. The Hall–Kier alpha value is -4.33. The number of carboxylic acids is 1. The van der Waals surface area contributed by atoms with Gasteiger partial charge in [-0.15, -0.1) is 0 Å². The summed E-state index contributed by atoms with van der Waals surface area (Å²) in [5.74, 6) is 0.0370. The van der Waals surface area contributed by atoms with Gasteiger partial charge in [0.05, 0.1) is 24.0 Å². The highest BCUT2D eigenvalue weighted by Crippen LogP contribution is 2.37. The first-order valence-electron chi connectivity index (χ1n) is 10.2. The minimum Gasteiger partial charge on any atom is -0.493 e. The zero-order valence-corrected chi connectivity index (χ0v) is 18.1. The third-order valence-electron chi connectivity index (χ3n) is 5.40. The van der Waals surface area contributed by atoms with E-state index in [2.05, 4.69) is 0 Å². The molecule has 1 heterocycles. The lowest BCUT2D eigenvalue weighted by Crippen LogP contribution is -2.00. The largest absolute Gasteiger partial charge is 0.493 e. The number of hydrogen-bond donors (Lipinski definition) is 1. The Kier molecular flexibility index (Phi) is 5.99. The Morgan fingerprint density at radius 3 is 2.48 bits per heavy atom. The van der Waals surface area contributed by atoms with Crippen molar-refractivity contribution in [1.82, 2.24) is 4.57 Å². The number of carbonyl (C=O) groups is 1. The van der Waals surface area contributed by atoms with E-state index in [4.69, 9.17) is 9.47 Å². The lowest BCUT2D eigenvalue weighted by atomic mass is 10.1. The highest BCUT2D eigenvalue weighted by atomic mass is 16.6. The van der Waals surface area contributed by atoms with E-state index < -0.39 is 10.9 Å². The van der Waals surface area contributed by atoms with Crippen LogP contribution in [-0.2, 0) is 17.8 Å². The fourth-order valence-electron chi connectivity index (χ4n) is 3.83. The van der Waals surface area contributed by atoms with Gasteiger partial charge < -0.3 is 19.1 Å². The summed E-state index contributed by atoms with van der Waals surface area (Å²) >= 11 is 0. The molecule has 4 aromatic rings. The molecule has 0 atom stereocenters. The molecule has 0 saturated carbocycles. The Balaban J connectivity index is 1.83. The van der Waals surface area contributed by atoms with Crippen molar-refractivity contribution in [3.63, 3.8) is 0 Å². The predicted molar refractivity (Wildman–Crippen MR) is 123 cm³/mol. The number of hydrogen-bond acceptors (Lipinski definition) is 5. The number of rotatable bonds is 8. The van der Waals surface area contributed by atoms with E-state index in [1.165, 1.54) is 12.1 Å². The van der Waals surface area contributed by atoms with Crippen molar-refractivity contribution in [3.8, 4) is 17.2 Å². The fourth-order valence-corrected chi connectivity index (χ4v) is 3.83. The van der Waals surface area contributed by atoms with Crippen molar-refractivity contribution in [2.45, 2.75) is 20.0 Å². The van der Waals surface area contributed by atoms with Gasteiger partial charge in [-0.1, -0.05) is 30.3 Å². The van der Waals surface area contributed by atoms with Crippen molar-refractivity contribution in [1.29, 1.82) is 0 Å². The van der Waals surface area contributed by atoms with E-state index in [0.29, 0.717) is 45.8 Å². The molecule has 0 unspecified atom stereocenters. The van der Waals surface area contributed by atoms with Gasteiger partial charge in [0.25, 0.3) is 5.69 Å². The number of aryl methyl sites for hydroxylation is 1. The van der Waals surface area contributed by atoms with Crippen LogP contribution in [0, 0.1) is 17.0 Å². The number of nitro groups is 1. The lowest BCUT2D eigenvalue weighted by Gasteiger charge is -2.13. The molecule has 1 N–H and O–H groups in total. The summed E-state index contributed by atoms with van der Waals surface area (Å²) in [5.41, 5.74) is 3.69. The van der Waals surface area contributed by atoms with Crippen LogP contribution in [0.25, 0.3) is 16.6 Å². The predicted octanol–water partition coefficient (Wildman–Crippen LogP) is 5.06. The normalized spacial score (nSPS) is 10.8. The second-order valence-electron chi connectivity index (χ2n) is 7.62. The molecule has 0 spiro atoms. The number of nitro benzene ring substituents is 1. The van der Waals surface area contributed by atoms with Crippen LogP contribution < -0.4 is 9.47 Å². The van der Waals surface area contributed by atoms with Crippen LogP contribution >= 0.6 is 0 Å². The van der Waals surface area contributed by atoms with Gasteiger partial charge in [0, 0.05) is 35.5 Å². The van der Waals surface area contributed by atoms with E-state index in [-0.39, 0.29) is 12.1 Å². The number of aromatic nitrogens is 1. The third-order valence-corrected chi connectivity index (χ3v) is 5.40. The van der Waals surface area contributed by atoms with Crippen molar-refractivity contribution in [3.05, 3.63) is 93.7 Å². The van der Waals surface area contributed by atoms with Crippen LogP contribution in [0.5, 0.6) is 11.5 Å². The highest BCUT2D eigenvalue weighted by Gasteiger charge is 2.19. The van der Waals surface area contributed by atoms with Crippen LogP contribution in [0.4, 0.5) is 5.69 Å². The van der Waals surface area contributed by atoms with Gasteiger partial charge >= 0.3 is 5.97 Å². The molecule has 4 rings (SSSR count). The zero-order chi connectivity index (χ0) is 23.5. The molecule has 8 nitrogen and oxygen atoms in total. The number of methoxy groups -OCH3 is 1. The number of aliphatic carboxylic acids is 1. The fraction of sp³-hybridized carbons (Fsp3) is 0.160. The summed E-state index contributed by atoms with van der Waals surface area (Å²) in [4.78, 5) is 22.2. The standard InChI is InChI=1S/C25H22N2O6/c1-16-10-19(27(30)31)8-9-21(16)26-14-18(11-25(28)29)20-12-24(23(32-2)13-22(20)26)33-15-17-6-4-3-5-7-17/h3-10,12-14H,11,15H2,1-2H3,(H,28,29). The molecule has 3 aromatic carbocycles. The molecule has 0 radical (unpaired) electrons. The van der Waals surface area contributed by atoms with Crippen molar-refractivity contribution >= 4 is 22.6 Å². The molecule has 168 valence electrons. The summed E-state index contributed by atoms with van der Waals surface area (Å²) < 4.78 is 13.4. The monoisotopic (exact) mass is 446 g/mol. The second-order valence-corrected chi connectivity index (χ2v) is 7.62. The molecule has 0 amide bonds. The molecule has 1 aromatic heterocycles. The number of nitrogens with zero attached hydrogens (tertiary/aromatic N) is 2. The van der Waals surface area contributed by atoms with Crippen LogP contribution in [0.2, 0.25) is 0 Å². The molecule has 33 heavy (non-hydrogen) atoms. The van der Waals surface area contributed by atoms with E-state index in [0.717, 1.165) is 5.56 Å². The van der Waals surface area contributed by atoms with Gasteiger partial charge in [0.1, 0.15) is 6.61 Å². The van der Waals surface area contributed by atoms with E-state index >= 15 is 0 Å². The molecule has 0 saturated heterocycles. The molecule has 0 fully saturated rings. The van der Waals surface area contributed by atoms with Crippen LogP contribution in [0.15, 0.2) is 66.9 Å². The number of benzene rings is 3. The Labute approximate surface area is 189 Å². The molecule has 0 aliphatic carbocycles. The summed E-state index contributed by atoms with van der Waals surface area (Å²) in [5, 5.41) is 21.3. The summed E-state index contributed by atoms with van der Waals surface area (Å²) in [6, 6.07) is 17.8. The maximum absolute atomic E-state index is 11.5. The minimum atomic E-state index is -0.961. The Morgan fingerprint density at radius 1 is 1.09 bits per heavy atom. The number of non-ortho nitro benzene ring substituents is 1. The smallest absolute Gasteiger partial charge is 0.307 e. The van der Waals surface area contributed by atoms with Gasteiger partial charge in [0.2, 0.25) is 0 Å². The number of ether oxygens (including phenoxy) is 2. The average Bonchev–Trinajstić information content (AvgIpc) is 3.13. The maximum Gasteiger partial charge on any atom is 0.307 e. The van der Waals surface area contributed by atoms with Crippen molar-refractivity contribution in [2.24, 2.45) is 0 Å². The van der Waals surface area contributed by atoms with E-state index in [1.807, 2.05) is 34.9 Å². The van der Waals surface area contributed by atoms with Crippen LogP contribution in [0.1, 0.15) is 16.7 Å². The van der Waals surface area contributed by atoms with Gasteiger partial charge in [-0.25, -0.2) is 0 Å². The number of carboxylic acid groups (broad SMARTS) is 1. The van der Waals surface area contributed by atoms with E-state index in [1.54, 1.807) is 38.4 Å². The first-order valence-corrected chi connectivity index (χ1v) is 10.2. The summed E-state index contributed by atoms with van der Waals surface area (Å²) in [7, 11) is 1.54. The molecular formula is C25H22N2O6. The topological polar surface area (TPSA) is 104 Å². The van der Waals surface area contributed by atoms with Gasteiger partial charge in [-0.3, -0.25) is 14.9 Å². The maximum atomic E-state index is 11.5. The van der Waals surface area contributed by atoms with Crippen LogP contribution in [0.3, 0.4) is 0 Å². The quantitative estimate of drug-likeness (QED) is 0.300. The van der Waals surface area contributed by atoms with Gasteiger partial charge in [0.15, 0.2) is 11.5 Å². The van der Waals surface area contributed by atoms with E-state index in [9.17, 15) is 20.0 Å². The third kappa shape index (κ3) is 4.50. The highest BCUT2D eigenvalue weighted by molar-refractivity contribution is 5.91. The molecular weight excluding hydrogens is 424 g/mol. The first kappa shape index (κ1) is 21.9. The van der Waals surface area contributed by atoms with Gasteiger partial charge in [-0.05, 0) is 35.7 Å². The van der Waals surface area contributed by atoms with Crippen LogP contribution in [-0.4, -0.2) is 27.7 Å². The van der Waals surface area contributed by atoms with Gasteiger partial charge in [-0.2, -0.15) is 0 Å². The summed E-state index contributed by atoms with van der Waals surface area (Å²) in [6.07, 6.45) is 1.56. The molecule has 0 bridgehead atoms. The number of fused-ring (bicyclic) bond motifs is 1. The summed E-state index contributed by atoms with van der Waals surface area (Å²) in [6.45, 7) is 2.11. The lowest BCUT2D eigenvalue weighted by molar-refractivity contribution is -0.384. The molecule has 0 aliphatic rings. The van der Waals surface area contributed by atoms with Crippen molar-refractivity contribution in [2.75, 3.05) is 7.11 Å². The van der Waals surface area contributed by atoms with Crippen molar-refractivity contribution < 1.29 is 24.3 Å². The Bertz CT molecular complexity index is 1340. The average molecular weight is 446 g/mol. The SMILES string of the molecule is COc1cc2c(cc1OCc1ccccc1)c(CC(=O)O)cn2-c1ccc([N+](=O)[O-])cc1C. The second kappa shape index (κ2) is 9.04. The Morgan fingerprint density at radius 2 is 1.85 bits per heavy atom. The first-order chi connectivity index (χ1) is 15.9.